The molecule has 0 spiro atoms. The monoisotopic (exact) mass is 387 g/mol. The van der Waals surface area contributed by atoms with Crippen LogP contribution in [0.3, 0.4) is 0 Å². The van der Waals surface area contributed by atoms with Crippen LogP contribution in [0.5, 0.6) is 0 Å². The van der Waals surface area contributed by atoms with Crippen LogP contribution < -0.4 is 0 Å². The summed E-state index contributed by atoms with van der Waals surface area (Å²) >= 11 is 7.29. The molecule has 0 bridgehead atoms. The lowest BCUT2D eigenvalue weighted by Gasteiger charge is -2.14. The highest BCUT2D eigenvalue weighted by atomic mass is 35.5. The van der Waals surface area contributed by atoms with Gasteiger partial charge in [-0.05, 0) is 48.5 Å². The van der Waals surface area contributed by atoms with Crippen LogP contribution in [-0.2, 0) is 0 Å². The normalized spacial score (nSPS) is 15.0. The third-order valence-corrected chi connectivity index (χ3v) is 4.80. The van der Waals surface area contributed by atoms with Crippen LogP contribution in [0.4, 0.5) is 5.88 Å². The zero-order valence-corrected chi connectivity index (χ0v) is 14.9. The molecule has 0 saturated carbocycles. The number of fused-ring (bicyclic) bond motifs is 1. The van der Waals surface area contributed by atoms with E-state index in [-0.39, 0.29) is 5.88 Å². The lowest BCUT2D eigenvalue weighted by Crippen LogP contribution is -2.12. The molecule has 1 aromatic carbocycles. The number of rotatable bonds is 3. The number of aryl methyl sites for hydroxylation is 1. The van der Waals surface area contributed by atoms with Gasteiger partial charge in [0.15, 0.2) is 11.6 Å². The number of aromatic nitrogens is 3. The molecule has 3 heterocycles. The second-order valence-electron chi connectivity index (χ2n) is 5.35. The fourth-order valence-corrected chi connectivity index (χ4v) is 3.44. The number of nitro groups is 1. The predicted molar refractivity (Wildman–Crippen MR) is 97.3 cm³/mol. The van der Waals surface area contributed by atoms with Gasteiger partial charge in [-0.15, -0.1) is 10.2 Å². The van der Waals surface area contributed by atoms with Crippen LogP contribution >= 0.6 is 23.4 Å². The van der Waals surface area contributed by atoms with E-state index < -0.39 is 4.92 Å². The van der Waals surface area contributed by atoms with Crippen LogP contribution in [0.2, 0.25) is 5.02 Å². The summed E-state index contributed by atoms with van der Waals surface area (Å²) in [7, 11) is 0. The molecule has 0 unspecified atom stereocenters. The molecule has 0 radical (unpaired) electrons. The highest BCUT2D eigenvalue weighted by Gasteiger charge is 2.26. The van der Waals surface area contributed by atoms with Crippen molar-refractivity contribution in [2.45, 2.75) is 12.1 Å². The minimum atomic E-state index is -0.585. The smallest absolute Gasteiger partial charge is 0.399 e. The van der Waals surface area contributed by atoms with E-state index >= 15 is 0 Å². The molecule has 1 aliphatic heterocycles. The molecule has 1 aliphatic rings. The first-order valence-electron chi connectivity index (χ1n) is 7.42. The SMILES string of the molecule is Cc1nnc2n1N=C(c1ccc([N+](=O)[O-])o1)/C(=C/c1ccc(Cl)cc1)S2. The zero-order chi connectivity index (χ0) is 18.3. The molecule has 10 heteroatoms. The summed E-state index contributed by atoms with van der Waals surface area (Å²) in [5.41, 5.74) is 1.36. The number of allylic oxidation sites excluding steroid dienone is 1. The summed E-state index contributed by atoms with van der Waals surface area (Å²) in [4.78, 5) is 11.1. The van der Waals surface area contributed by atoms with Crippen molar-refractivity contribution < 1.29 is 9.34 Å². The van der Waals surface area contributed by atoms with E-state index in [0.29, 0.717) is 27.5 Å². The molecule has 0 aliphatic carbocycles. The van der Waals surface area contributed by atoms with E-state index in [1.54, 1.807) is 23.7 Å². The van der Waals surface area contributed by atoms with Gasteiger partial charge >= 0.3 is 5.88 Å². The quantitative estimate of drug-likeness (QED) is 0.494. The Balaban J connectivity index is 1.83. The van der Waals surface area contributed by atoms with Gasteiger partial charge in [0.25, 0.3) is 0 Å². The van der Waals surface area contributed by atoms with Crippen LogP contribution in [0.1, 0.15) is 17.1 Å². The molecule has 0 amide bonds. The molecule has 0 atom stereocenters. The second kappa shape index (κ2) is 6.43. The van der Waals surface area contributed by atoms with Gasteiger partial charge in [0.05, 0.1) is 6.07 Å². The molecule has 8 nitrogen and oxygen atoms in total. The van der Waals surface area contributed by atoms with E-state index in [2.05, 4.69) is 15.3 Å². The number of hydrogen-bond donors (Lipinski definition) is 0. The summed E-state index contributed by atoms with van der Waals surface area (Å²) in [5, 5.41) is 24.8. The van der Waals surface area contributed by atoms with Gasteiger partial charge in [0, 0.05) is 9.93 Å². The van der Waals surface area contributed by atoms with E-state index in [1.807, 2.05) is 18.2 Å². The predicted octanol–water partition coefficient (Wildman–Crippen LogP) is 4.14. The topological polar surface area (TPSA) is 99.3 Å². The van der Waals surface area contributed by atoms with E-state index in [4.69, 9.17) is 16.0 Å². The zero-order valence-electron chi connectivity index (χ0n) is 13.3. The van der Waals surface area contributed by atoms with Crippen LogP contribution in [0.25, 0.3) is 6.08 Å². The molecular formula is C16H10ClN5O3S. The van der Waals surface area contributed by atoms with Gasteiger partial charge in [-0.1, -0.05) is 23.7 Å². The number of furan rings is 1. The molecule has 2 aromatic heterocycles. The molecule has 0 N–H and O–H groups in total. The number of hydrogen-bond acceptors (Lipinski definition) is 7. The Morgan fingerprint density at radius 3 is 2.69 bits per heavy atom. The Hall–Kier alpha value is -2.91. The Morgan fingerprint density at radius 2 is 2.00 bits per heavy atom. The average Bonchev–Trinajstić information content (AvgIpc) is 3.24. The van der Waals surface area contributed by atoms with E-state index in [1.165, 1.54) is 23.9 Å². The first-order chi connectivity index (χ1) is 12.5. The lowest BCUT2D eigenvalue weighted by atomic mass is 10.1. The van der Waals surface area contributed by atoms with Crippen LogP contribution in [0, 0.1) is 17.0 Å². The van der Waals surface area contributed by atoms with Crippen LogP contribution in [-0.4, -0.2) is 25.5 Å². The van der Waals surface area contributed by atoms with Crippen LogP contribution in [0.15, 0.2) is 56.0 Å². The summed E-state index contributed by atoms with van der Waals surface area (Å²) in [6, 6.07) is 10.1. The van der Waals surface area contributed by atoms with Crippen molar-refractivity contribution in [1.82, 2.24) is 14.9 Å². The van der Waals surface area contributed by atoms with E-state index in [0.717, 1.165) is 10.5 Å². The van der Waals surface area contributed by atoms with Gasteiger partial charge in [0.2, 0.25) is 5.16 Å². The number of halogens is 1. The van der Waals surface area contributed by atoms with Gasteiger partial charge in [0.1, 0.15) is 10.6 Å². The van der Waals surface area contributed by atoms with Crippen molar-refractivity contribution in [1.29, 1.82) is 0 Å². The highest BCUT2D eigenvalue weighted by Crippen LogP contribution is 2.35. The Labute approximate surface area is 156 Å². The van der Waals surface area contributed by atoms with Crippen molar-refractivity contribution in [3.05, 3.63) is 73.6 Å². The van der Waals surface area contributed by atoms with E-state index in [9.17, 15) is 10.1 Å². The van der Waals surface area contributed by atoms with Crippen molar-refractivity contribution >= 4 is 41.0 Å². The molecular weight excluding hydrogens is 378 g/mol. The minimum Gasteiger partial charge on any atom is -0.399 e. The van der Waals surface area contributed by atoms with Crippen molar-refractivity contribution in [3.63, 3.8) is 0 Å². The van der Waals surface area contributed by atoms with Gasteiger partial charge in [-0.2, -0.15) is 9.78 Å². The first-order valence-corrected chi connectivity index (χ1v) is 8.62. The third kappa shape index (κ3) is 3.02. The largest absolute Gasteiger partial charge is 0.433 e. The molecule has 130 valence electrons. The fourth-order valence-electron chi connectivity index (χ4n) is 2.34. The summed E-state index contributed by atoms with van der Waals surface area (Å²) in [6.07, 6.45) is 1.89. The second-order valence-corrected chi connectivity index (χ2v) is 6.79. The van der Waals surface area contributed by atoms with Gasteiger partial charge < -0.3 is 4.42 Å². The maximum absolute atomic E-state index is 10.9. The highest BCUT2D eigenvalue weighted by molar-refractivity contribution is 8.04. The molecule has 26 heavy (non-hydrogen) atoms. The number of thioether (sulfide) groups is 1. The molecule has 4 rings (SSSR count). The molecule has 0 fully saturated rings. The fraction of sp³-hybridized carbons (Fsp3) is 0.0625. The Bertz CT molecular complexity index is 1070. The van der Waals surface area contributed by atoms with Crippen molar-refractivity contribution in [2.24, 2.45) is 5.10 Å². The first kappa shape index (κ1) is 16.6. The average molecular weight is 388 g/mol. The number of benzene rings is 1. The van der Waals surface area contributed by atoms with Crippen molar-refractivity contribution in [2.75, 3.05) is 0 Å². The Morgan fingerprint density at radius 1 is 1.23 bits per heavy atom. The molecule has 3 aromatic rings. The lowest BCUT2D eigenvalue weighted by molar-refractivity contribution is -0.402. The third-order valence-electron chi connectivity index (χ3n) is 3.58. The summed E-state index contributed by atoms with van der Waals surface area (Å²) in [6.45, 7) is 1.77. The number of nitrogens with zero attached hydrogens (tertiary/aromatic N) is 5. The summed E-state index contributed by atoms with van der Waals surface area (Å²) < 4.78 is 6.92. The Kier molecular flexibility index (Phi) is 4.09. The van der Waals surface area contributed by atoms with Crippen molar-refractivity contribution in [3.8, 4) is 0 Å². The van der Waals surface area contributed by atoms with Gasteiger partial charge in [-0.25, -0.2) is 0 Å². The summed E-state index contributed by atoms with van der Waals surface area (Å²) in [5.74, 6) is 0.560. The standard InChI is InChI=1S/C16H10ClN5O3S/c1-9-18-19-16-21(9)20-15(12-6-7-14(25-12)22(23)24)13(26-16)8-10-2-4-11(17)5-3-10/h2-8H,1H3/b13-8-. The molecule has 0 saturated heterocycles. The van der Waals surface area contributed by atoms with Gasteiger partial charge in [-0.3, -0.25) is 10.1 Å². The maximum atomic E-state index is 10.9. The maximum Gasteiger partial charge on any atom is 0.433 e. The minimum absolute atomic E-state index is 0.295.